The van der Waals surface area contributed by atoms with Crippen molar-refractivity contribution in [3.05, 3.63) is 94.0 Å². The number of benzene rings is 3. The quantitative estimate of drug-likeness (QED) is 0.202. The Morgan fingerprint density at radius 1 is 0.930 bits per heavy atom. The van der Waals surface area contributed by atoms with Crippen molar-refractivity contribution in [1.82, 2.24) is 10.2 Å². The molecule has 3 aromatic carbocycles. The van der Waals surface area contributed by atoms with E-state index in [4.69, 9.17) is 23.2 Å². The van der Waals surface area contributed by atoms with Crippen LogP contribution in [-0.4, -0.2) is 44.3 Å². The molecule has 2 amide bonds. The van der Waals surface area contributed by atoms with E-state index in [2.05, 4.69) is 5.32 Å². The first-order valence-electron chi connectivity index (χ1n) is 13.6. The van der Waals surface area contributed by atoms with E-state index in [-0.39, 0.29) is 33.6 Å². The summed E-state index contributed by atoms with van der Waals surface area (Å²) >= 11 is 12.2. The summed E-state index contributed by atoms with van der Waals surface area (Å²) in [6.45, 7) is 3.01. The van der Waals surface area contributed by atoms with Crippen LogP contribution in [0, 0.1) is 0 Å². The van der Waals surface area contributed by atoms with Crippen LogP contribution in [0.25, 0.3) is 0 Å². The molecule has 0 saturated heterocycles. The number of nitrogens with one attached hydrogen (secondary N) is 1. The zero-order chi connectivity index (χ0) is 31.8. The Bertz CT molecular complexity index is 1520. The van der Waals surface area contributed by atoms with Crippen LogP contribution in [0.1, 0.15) is 44.2 Å². The van der Waals surface area contributed by atoms with Crippen molar-refractivity contribution in [2.24, 2.45) is 0 Å². The monoisotopic (exact) mass is 657 g/mol. The molecular weight excluding hydrogens is 626 g/mol. The SMILES string of the molecule is CCCCNC(=O)[C@@H](CC)N(Cc1ccc(Cl)c(Cl)c1)C(=O)CN(c1cccc(C(F)(F)F)c1)S(=O)(=O)c1ccccc1. The van der Waals surface area contributed by atoms with E-state index in [1.54, 1.807) is 19.1 Å². The van der Waals surface area contributed by atoms with Gasteiger partial charge in [-0.3, -0.25) is 13.9 Å². The minimum atomic E-state index is -4.76. The molecule has 7 nitrogen and oxygen atoms in total. The molecule has 0 unspecified atom stereocenters. The summed E-state index contributed by atoms with van der Waals surface area (Å²) < 4.78 is 69.0. The van der Waals surface area contributed by atoms with Crippen molar-refractivity contribution in [2.45, 2.75) is 56.8 Å². The van der Waals surface area contributed by atoms with Crippen molar-refractivity contribution < 1.29 is 31.2 Å². The molecule has 0 aliphatic rings. The number of carbonyl (C=O) groups excluding carboxylic acids is 2. The number of amides is 2. The second kappa shape index (κ2) is 14.9. The third kappa shape index (κ3) is 8.87. The molecular formula is C30H32Cl2F3N3O4S. The topological polar surface area (TPSA) is 86.8 Å². The highest BCUT2D eigenvalue weighted by Gasteiger charge is 2.36. The lowest BCUT2D eigenvalue weighted by molar-refractivity contribution is -0.140. The third-order valence-electron chi connectivity index (χ3n) is 6.62. The summed E-state index contributed by atoms with van der Waals surface area (Å²) in [5.41, 5.74) is -0.929. The Morgan fingerprint density at radius 3 is 2.23 bits per heavy atom. The van der Waals surface area contributed by atoms with Crippen molar-refractivity contribution in [3.63, 3.8) is 0 Å². The highest BCUT2D eigenvalue weighted by atomic mass is 35.5. The van der Waals surface area contributed by atoms with Crippen LogP contribution in [0.5, 0.6) is 0 Å². The van der Waals surface area contributed by atoms with Gasteiger partial charge in [-0.1, -0.05) is 73.8 Å². The number of alkyl halides is 3. The Balaban J connectivity index is 2.10. The minimum Gasteiger partial charge on any atom is -0.354 e. The van der Waals surface area contributed by atoms with Crippen LogP contribution in [0.2, 0.25) is 10.0 Å². The van der Waals surface area contributed by atoms with Crippen molar-refractivity contribution in [2.75, 3.05) is 17.4 Å². The Kier molecular flexibility index (Phi) is 11.9. The first kappa shape index (κ1) is 34.2. The number of carbonyl (C=O) groups is 2. The molecule has 3 rings (SSSR count). The van der Waals surface area contributed by atoms with E-state index in [0.29, 0.717) is 28.9 Å². The fourth-order valence-electron chi connectivity index (χ4n) is 4.35. The van der Waals surface area contributed by atoms with Crippen LogP contribution in [0.4, 0.5) is 18.9 Å². The maximum Gasteiger partial charge on any atom is 0.416 e. The van der Waals surface area contributed by atoms with E-state index in [1.807, 2.05) is 6.92 Å². The number of hydrogen-bond donors (Lipinski definition) is 1. The van der Waals surface area contributed by atoms with Crippen LogP contribution >= 0.6 is 23.2 Å². The molecule has 3 aromatic rings. The molecule has 0 saturated carbocycles. The van der Waals surface area contributed by atoms with Gasteiger partial charge in [0, 0.05) is 13.1 Å². The van der Waals surface area contributed by atoms with Crippen LogP contribution in [0.15, 0.2) is 77.7 Å². The molecule has 0 aliphatic heterocycles. The van der Waals surface area contributed by atoms with Gasteiger partial charge in [-0.25, -0.2) is 8.42 Å². The lowest BCUT2D eigenvalue weighted by Gasteiger charge is -2.33. The maximum atomic E-state index is 14.0. The van der Waals surface area contributed by atoms with Gasteiger partial charge in [-0.05, 0) is 60.9 Å². The van der Waals surface area contributed by atoms with Gasteiger partial charge in [-0.15, -0.1) is 0 Å². The molecule has 0 aliphatic carbocycles. The molecule has 1 N–H and O–H groups in total. The highest BCUT2D eigenvalue weighted by molar-refractivity contribution is 7.92. The summed E-state index contributed by atoms with van der Waals surface area (Å²) in [6, 6.07) is 14.5. The van der Waals surface area contributed by atoms with Crippen molar-refractivity contribution in [3.8, 4) is 0 Å². The summed E-state index contributed by atoms with van der Waals surface area (Å²) in [5, 5.41) is 3.29. The van der Waals surface area contributed by atoms with Gasteiger partial charge in [0.05, 0.1) is 26.2 Å². The average Bonchev–Trinajstić information content (AvgIpc) is 2.97. The maximum absolute atomic E-state index is 14.0. The van der Waals surface area contributed by atoms with Crippen LogP contribution < -0.4 is 9.62 Å². The molecule has 13 heteroatoms. The largest absolute Gasteiger partial charge is 0.416 e. The lowest BCUT2D eigenvalue weighted by atomic mass is 10.1. The van der Waals surface area contributed by atoms with Gasteiger partial charge < -0.3 is 10.2 Å². The molecule has 0 bridgehead atoms. The van der Waals surface area contributed by atoms with Gasteiger partial charge in [-0.2, -0.15) is 13.2 Å². The average molecular weight is 659 g/mol. The van der Waals surface area contributed by atoms with Gasteiger partial charge >= 0.3 is 6.18 Å². The number of halogens is 5. The standard InChI is InChI=1S/C30H32Cl2F3N3O4S/c1-3-5-16-36-29(40)27(4-2)37(19-21-14-15-25(31)26(32)17-21)28(39)20-38(43(41,42)24-12-7-6-8-13-24)23-11-9-10-22(18-23)30(33,34)35/h6-15,17-18,27H,3-5,16,19-20H2,1-2H3,(H,36,40)/t27-/m1/s1. The third-order valence-corrected chi connectivity index (χ3v) is 9.15. The fourth-order valence-corrected chi connectivity index (χ4v) is 6.09. The highest BCUT2D eigenvalue weighted by Crippen LogP contribution is 2.33. The zero-order valence-corrected chi connectivity index (χ0v) is 25.9. The van der Waals surface area contributed by atoms with Gasteiger partial charge in [0.1, 0.15) is 12.6 Å². The number of anilines is 1. The van der Waals surface area contributed by atoms with E-state index in [1.165, 1.54) is 47.4 Å². The molecule has 0 heterocycles. The summed E-state index contributed by atoms with van der Waals surface area (Å²) in [6.07, 6.45) is -3.04. The zero-order valence-electron chi connectivity index (χ0n) is 23.6. The number of unbranched alkanes of at least 4 members (excludes halogenated alkanes) is 1. The lowest BCUT2D eigenvalue weighted by Crippen LogP contribution is -2.52. The van der Waals surface area contributed by atoms with E-state index in [9.17, 15) is 31.2 Å². The second-order valence-corrected chi connectivity index (χ2v) is 12.4. The van der Waals surface area contributed by atoms with Gasteiger partial charge in [0.25, 0.3) is 10.0 Å². The number of rotatable bonds is 13. The molecule has 0 spiro atoms. The second-order valence-electron chi connectivity index (χ2n) is 9.71. The van der Waals surface area contributed by atoms with E-state index >= 15 is 0 Å². The Labute approximate surface area is 259 Å². The number of sulfonamides is 1. The van der Waals surface area contributed by atoms with E-state index < -0.39 is 46.2 Å². The van der Waals surface area contributed by atoms with Crippen molar-refractivity contribution >= 4 is 50.7 Å². The molecule has 43 heavy (non-hydrogen) atoms. The molecule has 1 atom stereocenters. The molecule has 0 radical (unpaired) electrons. The fraction of sp³-hybridized carbons (Fsp3) is 0.333. The Hall–Kier alpha value is -3.28. The van der Waals surface area contributed by atoms with Crippen molar-refractivity contribution in [1.29, 1.82) is 0 Å². The molecule has 0 aromatic heterocycles. The van der Waals surface area contributed by atoms with Gasteiger partial charge in [0.15, 0.2) is 0 Å². The summed E-state index contributed by atoms with van der Waals surface area (Å²) in [5.74, 6) is -1.25. The first-order valence-corrected chi connectivity index (χ1v) is 15.7. The van der Waals surface area contributed by atoms with E-state index in [0.717, 1.165) is 18.6 Å². The minimum absolute atomic E-state index is 0.142. The van der Waals surface area contributed by atoms with Gasteiger partial charge in [0.2, 0.25) is 11.8 Å². The molecule has 0 fully saturated rings. The molecule has 232 valence electrons. The predicted octanol–water partition coefficient (Wildman–Crippen LogP) is 6.93. The smallest absolute Gasteiger partial charge is 0.354 e. The first-order chi connectivity index (χ1) is 20.3. The predicted molar refractivity (Wildman–Crippen MR) is 161 cm³/mol. The van der Waals surface area contributed by atoms with Crippen LogP contribution in [-0.2, 0) is 32.3 Å². The number of nitrogens with zero attached hydrogens (tertiary/aromatic N) is 2. The summed E-state index contributed by atoms with van der Waals surface area (Å²) in [4.78, 5) is 28.3. The van der Waals surface area contributed by atoms with Crippen LogP contribution in [0.3, 0.4) is 0 Å². The Morgan fingerprint density at radius 2 is 1.63 bits per heavy atom. The summed E-state index contributed by atoms with van der Waals surface area (Å²) in [7, 11) is -4.52. The number of hydrogen-bond acceptors (Lipinski definition) is 4. The normalized spacial score (nSPS) is 12.4.